The summed E-state index contributed by atoms with van der Waals surface area (Å²) in [6.07, 6.45) is -3.85. The number of pyridine rings is 1. The van der Waals surface area contributed by atoms with Crippen LogP contribution >= 0.6 is 0 Å². The van der Waals surface area contributed by atoms with Crippen LogP contribution in [0.15, 0.2) is 36.5 Å². The zero-order chi connectivity index (χ0) is 24.8. The normalized spacial score (nSPS) is 15.2. The molecule has 7 nitrogen and oxygen atoms in total. The highest BCUT2D eigenvalue weighted by molar-refractivity contribution is 5.80. The number of halogens is 5. The summed E-state index contributed by atoms with van der Waals surface area (Å²) in [6, 6.07) is 5.32. The van der Waals surface area contributed by atoms with Crippen molar-refractivity contribution < 1.29 is 26.7 Å². The van der Waals surface area contributed by atoms with Gasteiger partial charge in [-0.1, -0.05) is 0 Å². The lowest BCUT2D eigenvalue weighted by atomic mass is 9.99. The molecule has 0 spiro atoms. The van der Waals surface area contributed by atoms with Crippen LogP contribution in [0, 0.1) is 11.6 Å². The monoisotopic (exact) mass is 480 g/mol. The van der Waals surface area contributed by atoms with Crippen molar-refractivity contribution in [2.75, 3.05) is 18.4 Å². The fourth-order valence-electron chi connectivity index (χ4n) is 4.01. The molecule has 0 saturated carbocycles. The molecule has 4 rings (SSSR count). The van der Waals surface area contributed by atoms with E-state index in [2.05, 4.69) is 15.3 Å². The molecule has 0 atom stereocenters. The molecule has 34 heavy (non-hydrogen) atoms. The van der Waals surface area contributed by atoms with Crippen molar-refractivity contribution in [2.45, 2.75) is 32.1 Å². The molecule has 3 N–H and O–H groups in total. The molecular weight excluding hydrogens is 459 g/mol. The standard InChI is InChI=1S/C22H21F5N6O/c1-21(2)20-31-18(12-3-5-14(23)15(24)9-12)19(32(20)7-8-33(21)17(34)10-28)30-16-6-4-13(11-29-16)22(25,26)27/h3-6,9,11H,7-8,10,28H2,1-2H3,(H,29,30). The van der Waals surface area contributed by atoms with Crippen LogP contribution in [0.3, 0.4) is 0 Å². The maximum Gasteiger partial charge on any atom is 0.417 e. The first-order valence-corrected chi connectivity index (χ1v) is 10.3. The highest BCUT2D eigenvalue weighted by Crippen LogP contribution is 2.39. The first-order chi connectivity index (χ1) is 15.9. The summed E-state index contributed by atoms with van der Waals surface area (Å²) in [7, 11) is 0. The summed E-state index contributed by atoms with van der Waals surface area (Å²) in [4.78, 5) is 22.4. The van der Waals surface area contributed by atoms with Crippen molar-refractivity contribution in [3.63, 3.8) is 0 Å². The molecule has 1 aliphatic heterocycles. The van der Waals surface area contributed by atoms with Crippen LogP contribution in [0.1, 0.15) is 25.2 Å². The van der Waals surface area contributed by atoms with E-state index in [9.17, 15) is 26.7 Å². The fraction of sp³-hybridized carbons (Fsp3) is 0.318. The molecule has 1 aliphatic rings. The number of amides is 1. The number of anilines is 2. The summed E-state index contributed by atoms with van der Waals surface area (Å²) in [5.41, 5.74) is 4.20. The number of carbonyl (C=O) groups is 1. The van der Waals surface area contributed by atoms with Gasteiger partial charge < -0.3 is 20.5 Å². The average molecular weight is 480 g/mol. The topological polar surface area (TPSA) is 89.1 Å². The van der Waals surface area contributed by atoms with E-state index in [4.69, 9.17) is 5.73 Å². The third kappa shape index (κ3) is 4.09. The lowest BCUT2D eigenvalue weighted by Crippen LogP contribution is -2.53. The van der Waals surface area contributed by atoms with Crippen molar-refractivity contribution in [3.05, 3.63) is 59.6 Å². The van der Waals surface area contributed by atoms with Gasteiger partial charge in [-0.15, -0.1) is 0 Å². The number of aromatic nitrogens is 3. The smallest absolute Gasteiger partial charge is 0.327 e. The molecule has 0 aliphatic carbocycles. The van der Waals surface area contributed by atoms with E-state index in [-0.39, 0.29) is 36.1 Å². The molecule has 180 valence electrons. The van der Waals surface area contributed by atoms with Crippen LogP contribution in [0.5, 0.6) is 0 Å². The summed E-state index contributed by atoms with van der Waals surface area (Å²) in [6.45, 7) is 3.92. The molecule has 0 saturated heterocycles. The number of fused-ring (bicyclic) bond motifs is 1. The number of nitrogens with one attached hydrogen (secondary N) is 1. The Bertz CT molecular complexity index is 1240. The zero-order valence-corrected chi connectivity index (χ0v) is 18.2. The number of carbonyl (C=O) groups excluding carboxylic acids is 1. The van der Waals surface area contributed by atoms with Crippen LogP contribution in [-0.4, -0.2) is 38.4 Å². The van der Waals surface area contributed by atoms with Gasteiger partial charge in [0.15, 0.2) is 11.6 Å². The van der Waals surface area contributed by atoms with E-state index in [0.717, 1.165) is 24.3 Å². The Balaban J connectivity index is 1.84. The van der Waals surface area contributed by atoms with Crippen LogP contribution in [-0.2, 0) is 23.1 Å². The minimum Gasteiger partial charge on any atom is -0.327 e. The van der Waals surface area contributed by atoms with E-state index in [1.165, 1.54) is 6.07 Å². The molecule has 0 unspecified atom stereocenters. The molecule has 12 heteroatoms. The first-order valence-electron chi connectivity index (χ1n) is 10.3. The van der Waals surface area contributed by atoms with Gasteiger partial charge in [0.05, 0.1) is 17.6 Å². The predicted molar refractivity (Wildman–Crippen MR) is 114 cm³/mol. The molecule has 3 heterocycles. The van der Waals surface area contributed by atoms with E-state index in [0.29, 0.717) is 24.4 Å². The first kappa shape index (κ1) is 23.6. The van der Waals surface area contributed by atoms with Crippen LogP contribution in [0.25, 0.3) is 11.3 Å². The van der Waals surface area contributed by atoms with Gasteiger partial charge in [0, 0.05) is 24.8 Å². The maximum atomic E-state index is 14.0. The van der Waals surface area contributed by atoms with Gasteiger partial charge in [0.2, 0.25) is 5.91 Å². The molecule has 3 aromatic rings. The van der Waals surface area contributed by atoms with Gasteiger partial charge in [-0.3, -0.25) is 4.79 Å². The maximum absolute atomic E-state index is 14.0. The fourth-order valence-corrected chi connectivity index (χ4v) is 4.01. The van der Waals surface area contributed by atoms with Crippen molar-refractivity contribution in [2.24, 2.45) is 5.73 Å². The minimum atomic E-state index is -4.54. The average Bonchev–Trinajstić information content (AvgIpc) is 3.14. The quantitative estimate of drug-likeness (QED) is 0.551. The Morgan fingerprint density at radius 1 is 1.15 bits per heavy atom. The van der Waals surface area contributed by atoms with E-state index < -0.39 is 28.9 Å². The number of rotatable bonds is 4. The molecule has 1 aromatic carbocycles. The van der Waals surface area contributed by atoms with E-state index in [1.54, 1.807) is 23.3 Å². The summed E-state index contributed by atoms with van der Waals surface area (Å²) in [5, 5.41) is 2.97. The SMILES string of the molecule is CC1(C)c2nc(-c3ccc(F)c(F)c3)c(Nc3ccc(C(F)(F)F)cn3)n2CCN1C(=O)CN. The zero-order valence-electron chi connectivity index (χ0n) is 18.2. The van der Waals surface area contributed by atoms with Gasteiger partial charge in [-0.2, -0.15) is 13.2 Å². The predicted octanol–water partition coefficient (Wildman–Crippen LogP) is 4.02. The van der Waals surface area contributed by atoms with Crippen molar-refractivity contribution in [3.8, 4) is 11.3 Å². The second kappa shape index (κ2) is 8.35. The number of hydrogen-bond acceptors (Lipinski definition) is 5. The molecule has 0 fully saturated rings. The molecular formula is C22H21F5N6O. The summed E-state index contributed by atoms with van der Waals surface area (Å²) >= 11 is 0. The molecule has 0 radical (unpaired) electrons. The minimum absolute atomic E-state index is 0.0952. The lowest BCUT2D eigenvalue weighted by Gasteiger charge is -2.42. The number of nitrogens with two attached hydrogens (primary N) is 1. The van der Waals surface area contributed by atoms with Gasteiger partial charge >= 0.3 is 6.18 Å². The van der Waals surface area contributed by atoms with Crippen molar-refractivity contribution in [1.29, 1.82) is 0 Å². The molecule has 0 bridgehead atoms. The van der Waals surface area contributed by atoms with E-state index >= 15 is 0 Å². The van der Waals surface area contributed by atoms with Gasteiger partial charge in [0.25, 0.3) is 0 Å². The van der Waals surface area contributed by atoms with Gasteiger partial charge in [-0.05, 0) is 44.2 Å². The Morgan fingerprint density at radius 2 is 1.88 bits per heavy atom. The number of alkyl halides is 3. The Hall–Kier alpha value is -3.54. The Morgan fingerprint density at radius 3 is 2.47 bits per heavy atom. The number of hydrogen-bond donors (Lipinski definition) is 2. The summed E-state index contributed by atoms with van der Waals surface area (Å²) < 4.78 is 68.0. The largest absolute Gasteiger partial charge is 0.417 e. The van der Waals surface area contributed by atoms with Crippen LogP contribution < -0.4 is 11.1 Å². The second-order valence-electron chi connectivity index (χ2n) is 8.28. The highest BCUT2D eigenvalue weighted by atomic mass is 19.4. The van der Waals surface area contributed by atoms with Crippen LogP contribution in [0.4, 0.5) is 33.6 Å². The highest BCUT2D eigenvalue weighted by Gasteiger charge is 2.41. The van der Waals surface area contributed by atoms with Crippen molar-refractivity contribution in [1.82, 2.24) is 19.4 Å². The van der Waals surface area contributed by atoms with Crippen LogP contribution in [0.2, 0.25) is 0 Å². The van der Waals surface area contributed by atoms with E-state index in [1.807, 2.05) is 0 Å². The third-order valence-electron chi connectivity index (χ3n) is 5.74. The lowest BCUT2D eigenvalue weighted by molar-refractivity contribution is -0.138. The van der Waals surface area contributed by atoms with Gasteiger partial charge in [-0.25, -0.2) is 18.7 Å². The molecule has 2 aromatic heterocycles. The second-order valence-corrected chi connectivity index (χ2v) is 8.28. The van der Waals surface area contributed by atoms with Gasteiger partial charge in [0.1, 0.15) is 23.2 Å². The number of nitrogens with zero attached hydrogens (tertiary/aromatic N) is 4. The third-order valence-corrected chi connectivity index (χ3v) is 5.74. The Labute approximate surface area is 191 Å². The summed E-state index contributed by atoms with van der Waals surface area (Å²) in [5.74, 6) is -1.55. The Kier molecular flexibility index (Phi) is 5.80. The number of imidazole rings is 1. The molecule has 1 amide bonds. The number of benzene rings is 1. The van der Waals surface area contributed by atoms with Crippen molar-refractivity contribution >= 4 is 17.5 Å².